The number of nitrogens with zero attached hydrogens (tertiary/aromatic N) is 1. The van der Waals surface area contributed by atoms with Gasteiger partial charge in [0.15, 0.2) is 11.5 Å². The van der Waals surface area contributed by atoms with Crippen molar-refractivity contribution in [3.63, 3.8) is 0 Å². The summed E-state index contributed by atoms with van der Waals surface area (Å²) in [6.07, 6.45) is 0.489. The third-order valence-electron chi connectivity index (χ3n) is 4.26. The van der Waals surface area contributed by atoms with Crippen molar-refractivity contribution >= 4 is 17.5 Å². The number of halogens is 1. The van der Waals surface area contributed by atoms with Gasteiger partial charge < -0.3 is 19.9 Å². The number of fused-ring (bicyclic) bond motifs is 1. The summed E-state index contributed by atoms with van der Waals surface area (Å²) in [4.78, 5) is 24.8. The van der Waals surface area contributed by atoms with E-state index < -0.39 is 23.7 Å². The predicted octanol–water partition coefficient (Wildman–Crippen LogP) is 2.53. The van der Waals surface area contributed by atoms with Crippen LogP contribution in [0.4, 0.5) is 10.1 Å². The standard InChI is InChI=1S/C20H16FN3O4/c21-14-7-4-8-17-18(14)23-20(26)16(11-27-17)22-19(25)15-10-13(28-24-15)9-12-5-2-1-3-6-12/h1-8,10,16H,9,11H2,(H,22,25)(H,23,26)/t16-/m0/s1. The molecule has 2 aromatic carbocycles. The van der Waals surface area contributed by atoms with Crippen LogP contribution in [0.5, 0.6) is 5.75 Å². The maximum absolute atomic E-state index is 13.9. The van der Waals surface area contributed by atoms with Gasteiger partial charge in [-0.15, -0.1) is 0 Å². The number of amides is 2. The number of ether oxygens (including phenoxy) is 1. The van der Waals surface area contributed by atoms with Crippen molar-refractivity contribution in [2.24, 2.45) is 0 Å². The second-order valence-corrected chi connectivity index (χ2v) is 6.28. The van der Waals surface area contributed by atoms with E-state index in [1.54, 1.807) is 0 Å². The summed E-state index contributed by atoms with van der Waals surface area (Å²) in [7, 11) is 0. The first kappa shape index (κ1) is 17.7. The summed E-state index contributed by atoms with van der Waals surface area (Å²) in [6, 6.07) is 14.3. The Morgan fingerprint density at radius 3 is 2.86 bits per heavy atom. The van der Waals surface area contributed by atoms with Gasteiger partial charge >= 0.3 is 0 Å². The van der Waals surface area contributed by atoms with E-state index in [0.29, 0.717) is 12.2 Å². The molecule has 142 valence electrons. The average Bonchev–Trinajstić information content (AvgIpc) is 3.10. The van der Waals surface area contributed by atoms with Crippen LogP contribution in [0.3, 0.4) is 0 Å². The van der Waals surface area contributed by atoms with Gasteiger partial charge in [0.05, 0.1) is 0 Å². The highest BCUT2D eigenvalue weighted by molar-refractivity contribution is 6.01. The summed E-state index contributed by atoms with van der Waals surface area (Å²) in [5.41, 5.74) is 1.02. The van der Waals surface area contributed by atoms with Crippen LogP contribution >= 0.6 is 0 Å². The Balaban J connectivity index is 1.43. The number of nitrogens with one attached hydrogen (secondary N) is 2. The minimum Gasteiger partial charge on any atom is -0.489 e. The molecule has 0 fully saturated rings. The molecule has 28 heavy (non-hydrogen) atoms. The lowest BCUT2D eigenvalue weighted by atomic mass is 10.1. The Labute approximate surface area is 159 Å². The van der Waals surface area contributed by atoms with Crippen LogP contribution in [0.1, 0.15) is 21.8 Å². The number of benzene rings is 2. The smallest absolute Gasteiger partial charge is 0.274 e. The summed E-state index contributed by atoms with van der Waals surface area (Å²) in [6.45, 7) is -0.136. The molecule has 4 rings (SSSR count). The van der Waals surface area contributed by atoms with E-state index in [1.807, 2.05) is 30.3 Å². The van der Waals surface area contributed by atoms with Crippen LogP contribution in [0.25, 0.3) is 0 Å². The number of para-hydroxylation sites is 1. The van der Waals surface area contributed by atoms with Crippen molar-refractivity contribution < 1.29 is 23.2 Å². The third kappa shape index (κ3) is 3.71. The van der Waals surface area contributed by atoms with E-state index in [0.717, 1.165) is 5.56 Å². The maximum atomic E-state index is 13.9. The number of anilines is 1. The molecule has 3 aromatic rings. The molecule has 1 aliphatic rings. The lowest BCUT2D eigenvalue weighted by molar-refractivity contribution is -0.118. The second-order valence-electron chi connectivity index (χ2n) is 6.28. The first-order valence-electron chi connectivity index (χ1n) is 8.63. The van der Waals surface area contributed by atoms with Crippen molar-refractivity contribution in [2.45, 2.75) is 12.5 Å². The lowest BCUT2D eigenvalue weighted by Gasteiger charge is -2.13. The monoisotopic (exact) mass is 381 g/mol. The predicted molar refractivity (Wildman–Crippen MR) is 97.5 cm³/mol. The van der Waals surface area contributed by atoms with Gasteiger partial charge in [0.2, 0.25) is 0 Å². The fraction of sp³-hybridized carbons (Fsp3) is 0.150. The molecule has 0 aliphatic carbocycles. The zero-order valence-electron chi connectivity index (χ0n) is 14.6. The highest BCUT2D eigenvalue weighted by atomic mass is 19.1. The van der Waals surface area contributed by atoms with Crippen LogP contribution in [0.2, 0.25) is 0 Å². The van der Waals surface area contributed by atoms with Crippen molar-refractivity contribution in [3.8, 4) is 5.75 Å². The molecule has 1 aliphatic heterocycles. The summed E-state index contributed by atoms with van der Waals surface area (Å²) < 4.78 is 24.5. The minimum atomic E-state index is -1.01. The first-order chi connectivity index (χ1) is 13.6. The van der Waals surface area contributed by atoms with E-state index in [-0.39, 0.29) is 23.7 Å². The number of carbonyl (C=O) groups excluding carboxylic acids is 2. The molecule has 0 bridgehead atoms. The van der Waals surface area contributed by atoms with Gasteiger partial charge in [-0.05, 0) is 17.7 Å². The number of aromatic nitrogens is 1. The summed E-state index contributed by atoms with van der Waals surface area (Å²) >= 11 is 0. The largest absolute Gasteiger partial charge is 0.489 e. The molecule has 0 radical (unpaired) electrons. The van der Waals surface area contributed by atoms with Gasteiger partial charge in [-0.3, -0.25) is 9.59 Å². The molecule has 0 saturated heterocycles. The van der Waals surface area contributed by atoms with E-state index in [2.05, 4.69) is 15.8 Å². The molecular weight excluding hydrogens is 365 g/mol. The summed E-state index contributed by atoms with van der Waals surface area (Å²) in [5.74, 6) is -1.05. The fourth-order valence-electron chi connectivity index (χ4n) is 2.84. The molecule has 8 heteroatoms. The Morgan fingerprint density at radius 1 is 1.21 bits per heavy atom. The normalized spacial score (nSPS) is 15.8. The van der Waals surface area contributed by atoms with Crippen LogP contribution in [-0.2, 0) is 11.2 Å². The van der Waals surface area contributed by atoms with Crippen molar-refractivity contribution in [3.05, 3.63) is 77.4 Å². The molecule has 1 aromatic heterocycles. The molecule has 2 N–H and O–H groups in total. The van der Waals surface area contributed by atoms with Crippen LogP contribution in [0.15, 0.2) is 59.1 Å². The molecular formula is C20H16FN3O4. The number of rotatable bonds is 4. The maximum Gasteiger partial charge on any atom is 0.274 e. The van der Waals surface area contributed by atoms with Gasteiger partial charge in [-0.2, -0.15) is 0 Å². The Kier molecular flexibility index (Phi) is 4.76. The first-order valence-corrected chi connectivity index (χ1v) is 8.63. The molecule has 2 amide bonds. The van der Waals surface area contributed by atoms with Crippen LogP contribution in [0, 0.1) is 5.82 Å². The third-order valence-corrected chi connectivity index (χ3v) is 4.26. The van der Waals surface area contributed by atoms with Gasteiger partial charge in [-0.1, -0.05) is 41.6 Å². The highest BCUT2D eigenvalue weighted by Gasteiger charge is 2.29. The Bertz CT molecular complexity index is 1020. The number of hydrogen-bond acceptors (Lipinski definition) is 5. The molecule has 2 heterocycles. The minimum absolute atomic E-state index is 0.0455. The molecule has 7 nitrogen and oxygen atoms in total. The molecule has 0 spiro atoms. The summed E-state index contributed by atoms with van der Waals surface area (Å²) in [5, 5.41) is 8.73. The quantitative estimate of drug-likeness (QED) is 0.724. The van der Waals surface area contributed by atoms with Crippen molar-refractivity contribution in [2.75, 3.05) is 11.9 Å². The van der Waals surface area contributed by atoms with Crippen molar-refractivity contribution in [1.82, 2.24) is 10.5 Å². The molecule has 0 unspecified atom stereocenters. The zero-order valence-corrected chi connectivity index (χ0v) is 14.6. The zero-order chi connectivity index (χ0) is 19.5. The Morgan fingerprint density at radius 2 is 2.04 bits per heavy atom. The Hall–Kier alpha value is -3.68. The number of carbonyl (C=O) groups is 2. The van der Waals surface area contributed by atoms with E-state index >= 15 is 0 Å². The highest BCUT2D eigenvalue weighted by Crippen LogP contribution is 2.29. The van der Waals surface area contributed by atoms with Gasteiger partial charge in [0, 0.05) is 12.5 Å². The van der Waals surface area contributed by atoms with E-state index in [9.17, 15) is 14.0 Å². The topological polar surface area (TPSA) is 93.5 Å². The van der Waals surface area contributed by atoms with Gasteiger partial charge in [0.1, 0.15) is 29.8 Å². The lowest BCUT2D eigenvalue weighted by Crippen LogP contribution is -2.46. The second kappa shape index (κ2) is 7.51. The van der Waals surface area contributed by atoms with Crippen molar-refractivity contribution in [1.29, 1.82) is 0 Å². The van der Waals surface area contributed by atoms with Gasteiger partial charge in [0.25, 0.3) is 11.8 Å². The SMILES string of the molecule is O=C(N[C@H]1COc2cccc(F)c2NC1=O)c1cc(Cc2ccccc2)on1. The van der Waals surface area contributed by atoms with Crippen LogP contribution in [-0.4, -0.2) is 29.6 Å². The molecule has 1 atom stereocenters. The van der Waals surface area contributed by atoms with E-state index in [4.69, 9.17) is 9.26 Å². The molecule has 0 saturated carbocycles. The van der Waals surface area contributed by atoms with Gasteiger partial charge in [-0.25, -0.2) is 4.39 Å². The van der Waals surface area contributed by atoms with Crippen LogP contribution < -0.4 is 15.4 Å². The fourth-order valence-corrected chi connectivity index (χ4v) is 2.84. The average molecular weight is 381 g/mol. The number of hydrogen-bond donors (Lipinski definition) is 2. The van der Waals surface area contributed by atoms with E-state index in [1.165, 1.54) is 24.3 Å².